The van der Waals surface area contributed by atoms with Crippen LogP contribution in [0, 0.1) is 5.92 Å². The second kappa shape index (κ2) is 5.31. The Morgan fingerprint density at radius 1 is 1.45 bits per heavy atom. The van der Waals surface area contributed by atoms with Crippen LogP contribution in [0.2, 0.25) is 0 Å². The van der Waals surface area contributed by atoms with Crippen LogP contribution in [-0.4, -0.2) is 31.3 Å². The van der Waals surface area contributed by atoms with Crippen LogP contribution in [0.25, 0.3) is 0 Å². The number of sulfonamides is 1. The van der Waals surface area contributed by atoms with E-state index in [0.717, 1.165) is 0 Å². The minimum Gasteiger partial charge on any atom is -0.396 e. The molecule has 2 N–H and O–H groups in total. The quantitative estimate of drug-likeness (QED) is 0.815. The van der Waals surface area contributed by atoms with Crippen LogP contribution in [0.3, 0.4) is 0 Å². The fraction of sp³-hybridized carbons (Fsp3) is 0.615. The highest BCUT2D eigenvalue weighted by molar-refractivity contribution is 7.89. The normalized spacial score (nSPS) is 23.4. The SMILES string of the molecule is CC(C)(C)c1cc(S(=O)(=O)N[C@@H]2C=C[C@H](CO)C2)on1. The Balaban J connectivity index is 2.12. The maximum atomic E-state index is 12.2. The standard InChI is InChI=1S/C13H20N2O4S/c1-13(2,3)11-7-12(19-14-11)20(17,18)15-10-5-4-9(6-10)8-16/h4-5,7,9-10,15-16H,6,8H2,1-3H3/t9-,10+/m0/s1. The number of rotatable bonds is 4. The molecule has 0 fully saturated rings. The second-order valence-corrected chi connectivity index (χ2v) is 7.72. The van der Waals surface area contributed by atoms with Gasteiger partial charge in [-0.05, 0) is 6.42 Å². The number of hydrogen-bond acceptors (Lipinski definition) is 5. The Morgan fingerprint density at radius 2 is 2.15 bits per heavy atom. The molecule has 0 aromatic carbocycles. The van der Waals surface area contributed by atoms with Crippen LogP contribution in [-0.2, 0) is 15.4 Å². The topological polar surface area (TPSA) is 92.4 Å². The highest BCUT2D eigenvalue weighted by atomic mass is 32.2. The van der Waals surface area contributed by atoms with Crippen molar-refractivity contribution in [2.75, 3.05) is 6.61 Å². The van der Waals surface area contributed by atoms with Crippen LogP contribution in [0.5, 0.6) is 0 Å². The predicted molar refractivity (Wildman–Crippen MR) is 73.6 cm³/mol. The third kappa shape index (κ3) is 3.28. The molecule has 0 saturated carbocycles. The van der Waals surface area contributed by atoms with Crippen LogP contribution < -0.4 is 4.72 Å². The van der Waals surface area contributed by atoms with E-state index in [1.54, 1.807) is 6.08 Å². The monoisotopic (exact) mass is 300 g/mol. The minimum absolute atomic E-state index is 0.00237. The first-order chi connectivity index (χ1) is 9.22. The largest absolute Gasteiger partial charge is 0.396 e. The van der Waals surface area contributed by atoms with Crippen molar-refractivity contribution in [3.8, 4) is 0 Å². The van der Waals surface area contributed by atoms with E-state index in [-0.39, 0.29) is 29.1 Å². The lowest BCUT2D eigenvalue weighted by molar-refractivity contribution is 0.248. The summed E-state index contributed by atoms with van der Waals surface area (Å²) < 4.78 is 31.9. The summed E-state index contributed by atoms with van der Waals surface area (Å²) in [5, 5.41) is 12.7. The fourth-order valence-electron chi connectivity index (χ4n) is 1.99. The van der Waals surface area contributed by atoms with Crippen LogP contribution in [0.1, 0.15) is 32.9 Å². The first-order valence-corrected chi connectivity index (χ1v) is 7.99. The molecule has 0 amide bonds. The second-order valence-electron chi connectivity index (χ2n) is 6.07. The lowest BCUT2D eigenvalue weighted by atomic mass is 9.93. The number of aliphatic hydroxyl groups is 1. The highest BCUT2D eigenvalue weighted by Crippen LogP contribution is 2.24. The zero-order valence-electron chi connectivity index (χ0n) is 11.8. The molecule has 0 bridgehead atoms. The minimum atomic E-state index is -3.73. The van der Waals surface area contributed by atoms with Gasteiger partial charge in [0.25, 0.3) is 15.1 Å². The Kier molecular flexibility index (Phi) is 4.04. The number of hydrogen-bond donors (Lipinski definition) is 2. The van der Waals surface area contributed by atoms with Gasteiger partial charge in [-0.3, -0.25) is 0 Å². The van der Waals surface area contributed by atoms with Crippen molar-refractivity contribution in [2.45, 2.75) is 43.7 Å². The maximum absolute atomic E-state index is 12.2. The van der Waals surface area contributed by atoms with Gasteiger partial charge in [0.15, 0.2) is 0 Å². The third-order valence-electron chi connectivity index (χ3n) is 3.24. The van der Waals surface area contributed by atoms with Crippen molar-refractivity contribution >= 4 is 10.0 Å². The lowest BCUT2D eigenvalue weighted by Gasteiger charge is -2.13. The predicted octanol–water partition coefficient (Wildman–Crippen LogP) is 1.19. The molecule has 0 radical (unpaired) electrons. The van der Waals surface area contributed by atoms with Gasteiger partial charge in [0.1, 0.15) is 0 Å². The van der Waals surface area contributed by atoms with E-state index in [4.69, 9.17) is 9.63 Å². The molecule has 0 spiro atoms. The fourth-order valence-corrected chi connectivity index (χ4v) is 3.08. The Bertz CT molecular complexity index is 598. The van der Waals surface area contributed by atoms with E-state index in [9.17, 15) is 8.42 Å². The highest BCUT2D eigenvalue weighted by Gasteiger charge is 2.29. The average molecular weight is 300 g/mol. The van der Waals surface area contributed by atoms with Gasteiger partial charge in [-0.25, -0.2) is 13.1 Å². The lowest BCUT2D eigenvalue weighted by Crippen LogP contribution is -2.32. The molecule has 1 aromatic rings. The smallest absolute Gasteiger partial charge is 0.277 e. The summed E-state index contributed by atoms with van der Waals surface area (Å²) in [6.45, 7) is 5.81. The van der Waals surface area contributed by atoms with E-state index in [2.05, 4.69) is 9.88 Å². The molecule has 0 saturated heterocycles. The zero-order chi connectivity index (χ0) is 15.0. The summed E-state index contributed by atoms with van der Waals surface area (Å²) in [6.07, 6.45) is 4.11. The van der Waals surface area contributed by atoms with Gasteiger partial charge >= 0.3 is 0 Å². The molecule has 1 heterocycles. The molecule has 0 aliphatic heterocycles. The molecule has 112 valence electrons. The first-order valence-electron chi connectivity index (χ1n) is 6.51. The van der Waals surface area contributed by atoms with Gasteiger partial charge in [0, 0.05) is 30.0 Å². The summed E-state index contributed by atoms with van der Waals surface area (Å²) in [7, 11) is -3.73. The summed E-state index contributed by atoms with van der Waals surface area (Å²) in [6, 6.07) is 1.13. The molecule has 6 nitrogen and oxygen atoms in total. The first kappa shape index (κ1) is 15.2. The van der Waals surface area contributed by atoms with Crippen molar-refractivity contribution in [3.05, 3.63) is 23.9 Å². The summed E-state index contributed by atoms with van der Waals surface area (Å²) in [4.78, 5) is 0. The molecular formula is C13H20N2O4S. The van der Waals surface area contributed by atoms with Crippen LogP contribution >= 0.6 is 0 Å². The van der Waals surface area contributed by atoms with Crippen molar-refractivity contribution in [1.29, 1.82) is 0 Å². The van der Waals surface area contributed by atoms with Crippen molar-refractivity contribution in [1.82, 2.24) is 9.88 Å². The van der Waals surface area contributed by atoms with Crippen molar-refractivity contribution in [3.63, 3.8) is 0 Å². The van der Waals surface area contributed by atoms with Gasteiger partial charge in [-0.1, -0.05) is 38.1 Å². The van der Waals surface area contributed by atoms with E-state index < -0.39 is 10.0 Å². The molecule has 2 rings (SSSR count). The molecular weight excluding hydrogens is 280 g/mol. The molecule has 7 heteroatoms. The van der Waals surface area contributed by atoms with Gasteiger partial charge in [0.2, 0.25) is 0 Å². The van der Waals surface area contributed by atoms with Crippen molar-refractivity contribution in [2.24, 2.45) is 5.92 Å². The van der Waals surface area contributed by atoms with Crippen LogP contribution in [0.4, 0.5) is 0 Å². The number of aliphatic hydroxyl groups excluding tert-OH is 1. The van der Waals surface area contributed by atoms with E-state index in [1.165, 1.54) is 6.07 Å². The number of nitrogens with one attached hydrogen (secondary N) is 1. The van der Waals surface area contributed by atoms with Crippen LogP contribution in [0.15, 0.2) is 27.8 Å². The summed E-state index contributed by atoms with van der Waals surface area (Å²) in [5.74, 6) is 0.00237. The Hall–Kier alpha value is -1.18. The molecule has 1 aliphatic rings. The van der Waals surface area contributed by atoms with Gasteiger partial charge < -0.3 is 9.63 Å². The third-order valence-corrected chi connectivity index (χ3v) is 4.57. The van der Waals surface area contributed by atoms with Gasteiger partial charge in [-0.15, -0.1) is 0 Å². The summed E-state index contributed by atoms with van der Waals surface area (Å²) >= 11 is 0. The molecule has 2 atom stereocenters. The van der Waals surface area contributed by atoms with E-state index in [1.807, 2.05) is 26.8 Å². The van der Waals surface area contributed by atoms with E-state index >= 15 is 0 Å². The maximum Gasteiger partial charge on any atom is 0.277 e. The average Bonchev–Trinajstić information content (AvgIpc) is 2.95. The van der Waals surface area contributed by atoms with E-state index in [0.29, 0.717) is 12.1 Å². The Morgan fingerprint density at radius 3 is 2.65 bits per heavy atom. The summed E-state index contributed by atoms with van der Waals surface area (Å²) in [5.41, 5.74) is 0.319. The van der Waals surface area contributed by atoms with Gasteiger partial charge in [-0.2, -0.15) is 0 Å². The zero-order valence-corrected chi connectivity index (χ0v) is 12.6. The number of nitrogens with zero attached hydrogens (tertiary/aromatic N) is 1. The molecule has 1 aliphatic carbocycles. The van der Waals surface area contributed by atoms with Gasteiger partial charge in [0.05, 0.1) is 5.69 Å². The Labute approximate surface area is 118 Å². The molecule has 1 aromatic heterocycles. The molecule has 20 heavy (non-hydrogen) atoms. The molecule has 0 unspecified atom stereocenters. The number of aromatic nitrogens is 1. The van der Waals surface area contributed by atoms with Crippen molar-refractivity contribution < 1.29 is 18.0 Å².